The molecule has 0 aromatic heterocycles. The van der Waals surface area contributed by atoms with Gasteiger partial charge in [-0.1, -0.05) is 0 Å². The lowest BCUT2D eigenvalue weighted by atomic mass is 10.3. The molecule has 0 heterocycles. The van der Waals surface area contributed by atoms with Gasteiger partial charge < -0.3 is 20.2 Å². The number of nitrogens with one attached hydrogen (secondary N) is 1. The molecule has 0 aromatic rings. The van der Waals surface area contributed by atoms with Gasteiger partial charge in [0.25, 0.3) is 0 Å². The highest BCUT2D eigenvalue weighted by Gasteiger charge is 2.18. The molecule has 1 atom stereocenters. The Labute approximate surface area is 79.7 Å². The molecule has 0 fully saturated rings. The molecule has 1 amide bonds. The standard InChI is InChI=1S/C5H10NO5PS/c1-3(5(8)9)6-4(7)2-12(10,11)13/h3H,2H2,1H3,(H,6,7)(H,8,9)(H2,10,11,13)/t3-/m0/s1. The first-order valence-corrected chi connectivity index (χ1v) is 6.18. The van der Waals surface area contributed by atoms with Crippen LogP contribution in [0.1, 0.15) is 6.92 Å². The van der Waals surface area contributed by atoms with Crippen LogP contribution in [0.3, 0.4) is 0 Å². The topological polar surface area (TPSA) is 107 Å². The Morgan fingerprint density at radius 3 is 2.31 bits per heavy atom. The van der Waals surface area contributed by atoms with Crippen LogP contribution < -0.4 is 5.32 Å². The maximum Gasteiger partial charge on any atom is 0.325 e. The van der Waals surface area contributed by atoms with Crippen molar-refractivity contribution >= 4 is 30.2 Å². The van der Waals surface area contributed by atoms with E-state index in [0.29, 0.717) is 0 Å². The molecular formula is C5H10NO5PS. The molecule has 0 radical (unpaired) electrons. The molecule has 76 valence electrons. The van der Waals surface area contributed by atoms with Crippen LogP contribution in [-0.4, -0.2) is 39.0 Å². The van der Waals surface area contributed by atoms with Gasteiger partial charge in [0.05, 0.1) is 0 Å². The van der Waals surface area contributed by atoms with E-state index < -0.39 is 30.6 Å². The lowest BCUT2D eigenvalue weighted by molar-refractivity contribution is -0.140. The van der Waals surface area contributed by atoms with Crippen LogP contribution in [-0.2, 0) is 21.4 Å². The lowest BCUT2D eigenvalue weighted by Crippen LogP contribution is -2.39. The molecule has 0 unspecified atom stereocenters. The van der Waals surface area contributed by atoms with Crippen LogP contribution in [0, 0.1) is 0 Å². The summed E-state index contributed by atoms with van der Waals surface area (Å²) in [6.45, 7) is -2.32. The molecule has 0 aliphatic carbocycles. The molecule has 0 aromatic carbocycles. The number of carboxylic acid groups (broad SMARTS) is 1. The minimum absolute atomic E-state index is 0.625. The van der Waals surface area contributed by atoms with Crippen LogP contribution in [0.2, 0.25) is 0 Å². The third kappa shape index (κ3) is 6.65. The Morgan fingerprint density at radius 2 is 2.00 bits per heavy atom. The smallest absolute Gasteiger partial charge is 0.325 e. The van der Waals surface area contributed by atoms with Gasteiger partial charge in [-0.25, -0.2) is 0 Å². The van der Waals surface area contributed by atoms with E-state index in [1.807, 2.05) is 5.32 Å². The lowest BCUT2D eigenvalue weighted by Gasteiger charge is -2.10. The summed E-state index contributed by atoms with van der Waals surface area (Å²) in [6.07, 6.45) is -0.625. The fourth-order valence-corrected chi connectivity index (χ4v) is 1.35. The van der Waals surface area contributed by atoms with E-state index in [4.69, 9.17) is 14.9 Å². The van der Waals surface area contributed by atoms with E-state index in [9.17, 15) is 9.59 Å². The van der Waals surface area contributed by atoms with Crippen molar-refractivity contribution in [2.45, 2.75) is 13.0 Å². The van der Waals surface area contributed by atoms with Crippen molar-refractivity contribution in [3.8, 4) is 0 Å². The van der Waals surface area contributed by atoms with E-state index in [-0.39, 0.29) is 0 Å². The molecule has 0 aliphatic heterocycles. The summed E-state index contributed by atoms with van der Waals surface area (Å²) < 4.78 is 0. The van der Waals surface area contributed by atoms with Gasteiger partial charge in [0.15, 0.2) is 6.49 Å². The molecule has 4 N–H and O–H groups in total. The highest BCUT2D eigenvalue weighted by molar-refractivity contribution is 8.09. The highest BCUT2D eigenvalue weighted by Crippen LogP contribution is 2.33. The van der Waals surface area contributed by atoms with Gasteiger partial charge in [-0.15, -0.1) is 0 Å². The number of hydrogen-bond donors (Lipinski definition) is 4. The van der Waals surface area contributed by atoms with Gasteiger partial charge in [-0.2, -0.15) is 0 Å². The number of rotatable bonds is 4. The van der Waals surface area contributed by atoms with E-state index >= 15 is 0 Å². The molecule has 8 heteroatoms. The Kier molecular flexibility index (Phi) is 4.49. The summed E-state index contributed by atoms with van der Waals surface area (Å²) in [5, 5.41) is 10.4. The Balaban J connectivity index is 4.03. The van der Waals surface area contributed by atoms with E-state index in [2.05, 4.69) is 11.8 Å². The SMILES string of the molecule is C[C@H](NC(=O)CP(O)(O)=S)C(=O)O. The Morgan fingerprint density at radius 1 is 1.54 bits per heavy atom. The maximum absolute atomic E-state index is 10.8. The first-order chi connectivity index (χ1) is 5.72. The number of carbonyl (C=O) groups excluding carboxylic acids is 1. The molecule has 0 saturated heterocycles. The van der Waals surface area contributed by atoms with Gasteiger partial charge >= 0.3 is 5.97 Å². The highest BCUT2D eigenvalue weighted by atomic mass is 32.5. The van der Waals surface area contributed by atoms with Crippen molar-refractivity contribution in [3.05, 3.63) is 0 Å². The average molecular weight is 227 g/mol. The van der Waals surface area contributed by atoms with Crippen molar-refractivity contribution < 1.29 is 24.5 Å². The number of carboxylic acids is 1. The van der Waals surface area contributed by atoms with Crippen LogP contribution in [0.15, 0.2) is 0 Å². The van der Waals surface area contributed by atoms with Gasteiger partial charge in [0, 0.05) is 0 Å². The number of aliphatic carboxylic acids is 1. The van der Waals surface area contributed by atoms with E-state index in [0.717, 1.165) is 0 Å². The molecular weight excluding hydrogens is 217 g/mol. The van der Waals surface area contributed by atoms with E-state index in [1.54, 1.807) is 0 Å². The first kappa shape index (κ1) is 12.5. The second-order valence-corrected chi connectivity index (χ2v) is 5.85. The molecule has 0 spiro atoms. The zero-order valence-corrected chi connectivity index (χ0v) is 8.51. The fourth-order valence-electron chi connectivity index (χ4n) is 0.536. The second-order valence-electron chi connectivity index (χ2n) is 2.45. The quantitative estimate of drug-likeness (QED) is 0.453. The third-order valence-electron chi connectivity index (χ3n) is 1.10. The summed E-state index contributed by atoms with van der Waals surface area (Å²) in [5.41, 5.74) is 0. The van der Waals surface area contributed by atoms with E-state index in [1.165, 1.54) is 6.92 Å². The van der Waals surface area contributed by atoms with Crippen LogP contribution in [0.25, 0.3) is 0 Å². The van der Waals surface area contributed by atoms with Crippen molar-refractivity contribution in [1.82, 2.24) is 5.32 Å². The number of carbonyl (C=O) groups is 2. The minimum Gasteiger partial charge on any atom is -0.480 e. The van der Waals surface area contributed by atoms with Crippen LogP contribution in [0.5, 0.6) is 0 Å². The summed E-state index contributed by atoms with van der Waals surface area (Å²) in [7, 11) is 0. The largest absolute Gasteiger partial charge is 0.480 e. The predicted octanol–water partition coefficient (Wildman–Crippen LogP) is -1.13. The number of amides is 1. The third-order valence-corrected chi connectivity index (χ3v) is 2.18. The summed E-state index contributed by atoms with van der Waals surface area (Å²) >= 11 is 4.19. The summed E-state index contributed by atoms with van der Waals surface area (Å²) in [6, 6.07) is -1.06. The minimum atomic E-state index is -3.58. The predicted molar refractivity (Wildman–Crippen MR) is 48.8 cm³/mol. The van der Waals surface area contributed by atoms with Crippen molar-refractivity contribution in [1.29, 1.82) is 0 Å². The zero-order chi connectivity index (χ0) is 10.6. The van der Waals surface area contributed by atoms with Gasteiger partial charge in [0.1, 0.15) is 12.2 Å². The number of hydrogen-bond acceptors (Lipinski definition) is 3. The summed E-state index contributed by atoms with van der Waals surface area (Å²) in [4.78, 5) is 38.5. The summed E-state index contributed by atoms with van der Waals surface area (Å²) in [5.74, 6) is -1.97. The maximum atomic E-state index is 10.8. The molecule has 6 nitrogen and oxygen atoms in total. The van der Waals surface area contributed by atoms with Crippen molar-refractivity contribution in [2.24, 2.45) is 0 Å². The van der Waals surface area contributed by atoms with Crippen LogP contribution in [0.4, 0.5) is 0 Å². The van der Waals surface area contributed by atoms with Crippen molar-refractivity contribution in [3.63, 3.8) is 0 Å². The molecule has 0 aliphatic rings. The normalized spacial score (nSPS) is 13.5. The Hall–Kier alpha value is -0.490. The first-order valence-electron chi connectivity index (χ1n) is 3.29. The average Bonchev–Trinajstić information content (AvgIpc) is 1.81. The van der Waals surface area contributed by atoms with Gasteiger partial charge in [0.2, 0.25) is 5.91 Å². The molecule has 0 saturated carbocycles. The fraction of sp³-hybridized carbons (Fsp3) is 0.600. The monoisotopic (exact) mass is 227 g/mol. The van der Waals surface area contributed by atoms with Crippen molar-refractivity contribution in [2.75, 3.05) is 6.16 Å². The molecule has 0 rings (SSSR count). The van der Waals surface area contributed by atoms with Crippen LogP contribution >= 0.6 is 6.49 Å². The zero-order valence-electron chi connectivity index (χ0n) is 6.80. The van der Waals surface area contributed by atoms with Gasteiger partial charge in [-0.05, 0) is 18.7 Å². The van der Waals surface area contributed by atoms with Gasteiger partial charge in [-0.3, -0.25) is 9.59 Å². The molecule has 13 heavy (non-hydrogen) atoms. The Bertz CT molecular complexity index is 262. The molecule has 0 bridgehead atoms. The second kappa shape index (κ2) is 4.66.